The first-order chi connectivity index (χ1) is 17.5. The monoisotopic (exact) mass is 492 g/mol. The van der Waals surface area contributed by atoms with Gasteiger partial charge >= 0.3 is 0 Å². The van der Waals surface area contributed by atoms with E-state index in [0.29, 0.717) is 17.2 Å². The van der Waals surface area contributed by atoms with Crippen LogP contribution in [0.25, 0.3) is 5.70 Å². The standard InChI is InChI=1S/C24H22F2N8O2/c1-33-12-14(10-30-33)16-11-29-15-5-6-20(32-24(15)31-16)34(13-19-27-7-4-8-28-19)23-21(25)17(35-2)9-18(36-3)22(23)26/h4-12,24,31H,13H2,1-3H3. The lowest BCUT2D eigenvalue weighted by atomic mass is 10.1. The maximum absolute atomic E-state index is 15.5. The maximum Gasteiger partial charge on any atom is 0.191 e. The van der Waals surface area contributed by atoms with Crippen molar-refractivity contribution in [2.24, 2.45) is 17.0 Å². The van der Waals surface area contributed by atoms with Crippen LogP contribution in [0.3, 0.4) is 0 Å². The van der Waals surface area contributed by atoms with Crippen LogP contribution in [0.1, 0.15) is 11.4 Å². The molecule has 2 aliphatic rings. The summed E-state index contributed by atoms with van der Waals surface area (Å²) in [5.41, 5.74) is 1.79. The second-order valence-corrected chi connectivity index (χ2v) is 7.88. The van der Waals surface area contributed by atoms with E-state index in [9.17, 15) is 0 Å². The second kappa shape index (κ2) is 9.56. The van der Waals surface area contributed by atoms with Crippen LogP contribution in [0.4, 0.5) is 14.5 Å². The predicted molar refractivity (Wildman–Crippen MR) is 130 cm³/mol. The smallest absolute Gasteiger partial charge is 0.191 e. The lowest BCUT2D eigenvalue weighted by molar-refractivity contribution is 0.359. The van der Waals surface area contributed by atoms with Gasteiger partial charge in [0.15, 0.2) is 29.3 Å². The van der Waals surface area contributed by atoms with Gasteiger partial charge < -0.3 is 19.7 Å². The molecule has 0 saturated carbocycles. The average Bonchev–Trinajstić information content (AvgIpc) is 3.34. The molecule has 0 radical (unpaired) electrons. The third-order valence-electron chi connectivity index (χ3n) is 5.61. The van der Waals surface area contributed by atoms with Crippen molar-refractivity contribution in [2.45, 2.75) is 12.7 Å². The number of amidine groups is 1. The summed E-state index contributed by atoms with van der Waals surface area (Å²) < 4.78 is 43.0. The van der Waals surface area contributed by atoms with E-state index in [1.807, 2.05) is 13.2 Å². The summed E-state index contributed by atoms with van der Waals surface area (Å²) in [6, 6.07) is 2.81. The maximum atomic E-state index is 15.5. The number of aryl methyl sites for hydroxylation is 1. The van der Waals surface area contributed by atoms with Crippen molar-refractivity contribution in [3.05, 3.63) is 78.3 Å². The van der Waals surface area contributed by atoms with Crippen LogP contribution in [0.2, 0.25) is 0 Å². The quantitative estimate of drug-likeness (QED) is 0.565. The van der Waals surface area contributed by atoms with E-state index in [-0.39, 0.29) is 23.9 Å². The molecular formula is C24H22F2N8O2. The first-order valence-corrected chi connectivity index (χ1v) is 10.9. The lowest BCUT2D eigenvalue weighted by Gasteiger charge is -2.30. The van der Waals surface area contributed by atoms with E-state index >= 15 is 8.78 Å². The number of nitrogens with zero attached hydrogens (tertiary/aromatic N) is 7. The topological polar surface area (TPSA) is 102 Å². The number of methoxy groups -OCH3 is 2. The summed E-state index contributed by atoms with van der Waals surface area (Å²) in [4.78, 5) is 19.0. The van der Waals surface area contributed by atoms with Gasteiger partial charge in [0.05, 0.1) is 44.6 Å². The Morgan fingerprint density at radius 2 is 1.81 bits per heavy atom. The SMILES string of the molecule is COc1cc(OC)c(F)c(N(Cc2ncccn2)C2=NC3NC(c4cnn(C)c4)=CN=C3C=C2)c1F. The molecule has 3 aromatic rings. The van der Waals surface area contributed by atoms with Crippen LogP contribution >= 0.6 is 0 Å². The van der Waals surface area contributed by atoms with Gasteiger partial charge in [0.25, 0.3) is 0 Å². The molecule has 5 rings (SSSR count). The first-order valence-electron chi connectivity index (χ1n) is 10.9. The normalized spacial score (nSPS) is 16.4. The molecular weight excluding hydrogens is 470 g/mol. The van der Waals surface area contributed by atoms with Crippen molar-refractivity contribution in [3.8, 4) is 11.5 Å². The fourth-order valence-corrected chi connectivity index (χ4v) is 3.85. The highest BCUT2D eigenvalue weighted by atomic mass is 19.1. The van der Waals surface area contributed by atoms with Crippen molar-refractivity contribution in [1.82, 2.24) is 25.1 Å². The number of rotatable bonds is 6. The molecule has 12 heteroatoms. The van der Waals surface area contributed by atoms with Gasteiger partial charge in [0.2, 0.25) is 0 Å². The summed E-state index contributed by atoms with van der Waals surface area (Å²) in [6.45, 7) is -0.0708. The van der Waals surface area contributed by atoms with Crippen molar-refractivity contribution >= 4 is 22.9 Å². The lowest BCUT2D eigenvalue weighted by Crippen LogP contribution is -2.42. The molecule has 1 aromatic carbocycles. The minimum Gasteiger partial charge on any atom is -0.493 e. The van der Waals surface area contributed by atoms with E-state index in [0.717, 1.165) is 11.6 Å². The van der Waals surface area contributed by atoms with Gasteiger partial charge in [-0.2, -0.15) is 5.10 Å². The van der Waals surface area contributed by atoms with Crippen LogP contribution in [-0.2, 0) is 13.6 Å². The third kappa shape index (κ3) is 4.28. The van der Waals surface area contributed by atoms with E-state index in [2.05, 4.69) is 25.4 Å². The number of ether oxygens (including phenoxy) is 2. The number of aliphatic imine (C=N–C) groups is 2. The zero-order chi connectivity index (χ0) is 25.2. The molecule has 2 aromatic heterocycles. The van der Waals surface area contributed by atoms with Crippen molar-refractivity contribution in [1.29, 1.82) is 0 Å². The molecule has 1 atom stereocenters. The van der Waals surface area contributed by atoms with Crippen LogP contribution in [-0.4, -0.2) is 51.7 Å². The van der Waals surface area contributed by atoms with Crippen molar-refractivity contribution < 1.29 is 18.3 Å². The van der Waals surface area contributed by atoms with Gasteiger partial charge in [0.1, 0.15) is 17.3 Å². The number of nitrogens with one attached hydrogen (secondary N) is 1. The summed E-state index contributed by atoms with van der Waals surface area (Å²) in [7, 11) is 4.41. The number of hydrogen-bond donors (Lipinski definition) is 1. The van der Waals surface area contributed by atoms with Gasteiger partial charge in [0, 0.05) is 37.3 Å². The van der Waals surface area contributed by atoms with Crippen molar-refractivity contribution in [2.75, 3.05) is 19.1 Å². The van der Waals surface area contributed by atoms with E-state index in [4.69, 9.17) is 14.5 Å². The fraction of sp³-hybridized carbons (Fsp3) is 0.208. The Morgan fingerprint density at radius 1 is 1.08 bits per heavy atom. The number of benzene rings is 1. The van der Waals surface area contributed by atoms with Crippen LogP contribution in [0.15, 0.2) is 65.3 Å². The molecule has 0 fully saturated rings. The molecule has 10 nitrogen and oxygen atoms in total. The molecule has 1 unspecified atom stereocenters. The van der Waals surface area contributed by atoms with E-state index < -0.39 is 23.5 Å². The number of anilines is 1. The van der Waals surface area contributed by atoms with Crippen molar-refractivity contribution in [3.63, 3.8) is 0 Å². The van der Waals surface area contributed by atoms with Gasteiger partial charge in [-0.25, -0.2) is 23.7 Å². The summed E-state index contributed by atoms with van der Waals surface area (Å²) in [6.07, 6.45) is 11.1. The Labute approximate surface area is 205 Å². The Balaban J connectivity index is 1.58. The Hall–Kier alpha value is -4.61. The zero-order valence-electron chi connectivity index (χ0n) is 19.7. The molecule has 184 valence electrons. The van der Waals surface area contributed by atoms with Crippen LogP contribution in [0, 0.1) is 11.6 Å². The number of aromatic nitrogens is 4. The third-order valence-corrected chi connectivity index (χ3v) is 5.61. The Kier molecular flexibility index (Phi) is 6.15. The summed E-state index contributed by atoms with van der Waals surface area (Å²) in [5.74, 6) is -1.57. The number of hydrogen-bond acceptors (Lipinski definition) is 9. The van der Waals surface area contributed by atoms with Crippen LogP contribution in [0.5, 0.6) is 11.5 Å². The van der Waals surface area contributed by atoms with Gasteiger partial charge in [-0.15, -0.1) is 0 Å². The molecule has 36 heavy (non-hydrogen) atoms. The van der Waals surface area contributed by atoms with Gasteiger partial charge in [-0.05, 0) is 18.2 Å². The zero-order valence-corrected chi connectivity index (χ0v) is 19.7. The first kappa shape index (κ1) is 23.1. The fourth-order valence-electron chi connectivity index (χ4n) is 3.85. The van der Waals surface area contributed by atoms with Gasteiger partial charge in [-0.3, -0.25) is 9.67 Å². The molecule has 0 bridgehead atoms. The molecule has 2 aliphatic heterocycles. The molecule has 0 aliphatic carbocycles. The van der Waals surface area contributed by atoms with E-state index in [1.165, 1.54) is 19.1 Å². The molecule has 0 amide bonds. The van der Waals surface area contributed by atoms with E-state index in [1.54, 1.807) is 47.7 Å². The highest BCUT2D eigenvalue weighted by molar-refractivity contribution is 6.15. The minimum atomic E-state index is -0.908. The summed E-state index contributed by atoms with van der Waals surface area (Å²) >= 11 is 0. The van der Waals surface area contributed by atoms with Crippen LogP contribution < -0.4 is 19.7 Å². The second-order valence-electron chi connectivity index (χ2n) is 7.88. The summed E-state index contributed by atoms with van der Waals surface area (Å²) in [5, 5.41) is 7.49. The predicted octanol–water partition coefficient (Wildman–Crippen LogP) is 2.85. The largest absolute Gasteiger partial charge is 0.493 e. The highest BCUT2D eigenvalue weighted by Gasteiger charge is 2.31. The number of halogens is 2. The molecule has 1 N–H and O–H groups in total. The molecule has 0 spiro atoms. The average molecular weight is 492 g/mol. The highest BCUT2D eigenvalue weighted by Crippen LogP contribution is 2.38. The Morgan fingerprint density at radius 3 is 2.44 bits per heavy atom. The number of fused-ring (bicyclic) bond motifs is 1. The number of dihydropyridines is 1. The molecule has 0 saturated heterocycles. The minimum absolute atomic E-state index is 0.0708. The van der Waals surface area contributed by atoms with Gasteiger partial charge in [-0.1, -0.05) is 0 Å². The molecule has 4 heterocycles. The Bertz CT molecular complexity index is 1390.